The van der Waals surface area contributed by atoms with Gasteiger partial charge in [-0.3, -0.25) is 10.1 Å². The summed E-state index contributed by atoms with van der Waals surface area (Å²) in [6.07, 6.45) is 2.25. The van der Waals surface area contributed by atoms with Crippen LogP contribution < -0.4 is 5.32 Å². The average molecular weight is 332 g/mol. The van der Waals surface area contributed by atoms with E-state index in [9.17, 15) is 19.6 Å². The summed E-state index contributed by atoms with van der Waals surface area (Å²) >= 11 is 0. The van der Waals surface area contributed by atoms with Crippen LogP contribution in [-0.2, 0) is 12.8 Å². The molecular formula is C18H21FN2O3. The van der Waals surface area contributed by atoms with Crippen molar-refractivity contribution in [1.82, 2.24) is 5.32 Å². The number of nitro benzene ring substituents is 1. The molecule has 1 unspecified atom stereocenters. The number of hydrogen-bond acceptors (Lipinski definition) is 4. The molecule has 2 rings (SSSR count). The van der Waals surface area contributed by atoms with Crippen molar-refractivity contribution >= 4 is 5.69 Å². The molecule has 24 heavy (non-hydrogen) atoms. The summed E-state index contributed by atoms with van der Waals surface area (Å²) < 4.78 is 13.6. The zero-order chi connectivity index (χ0) is 17.5. The molecule has 0 amide bonds. The smallest absolute Gasteiger partial charge is 0.269 e. The Bertz CT molecular complexity index is 689. The van der Waals surface area contributed by atoms with Gasteiger partial charge >= 0.3 is 0 Å². The van der Waals surface area contributed by atoms with Gasteiger partial charge in [0.15, 0.2) is 0 Å². The van der Waals surface area contributed by atoms with Gasteiger partial charge in [-0.25, -0.2) is 4.39 Å². The van der Waals surface area contributed by atoms with E-state index in [-0.39, 0.29) is 17.5 Å². The lowest BCUT2D eigenvalue weighted by Gasteiger charge is -2.14. The zero-order valence-corrected chi connectivity index (χ0v) is 13.5. The number of nitrogens with zero attached hydrogens (tertiary/aromatic N) is 1. The molecule has 5 nitrogen and oxygen atoms in total. The van der Waals surface area contributed by atoms with Gasteiger partial charge in [0.2, 0.25) is 0 Å². The number of phenols is 1. The van der Waals surface area contributed by atoms with Crippen molar-refractivity contribution in [3.63, 3.8) is 0 Å². The van der Waals surface area contributed by atoms with E-state index in [4.69, 9.17) is 0 Å². The molecular weight excluding hydrogens is 311 g/mol. The monoisotopic (exact) mass is 332 g/mol. The number of aromatic hydroxyl groups is 1. The summed E-state index contributed by atoms with van der Waals surface area (Å²) in [5.74, 6) is -0.462. The Morgan fingerprint density at radius 3 is 2.54 bits per heavy atom. The second-order valence-corrected chi connectivity index (χ2v) is 5.84. The Labute approximate surface area is 140 Å². The Hall–Kier alpha value is -2.47. The minimum atomic E-state index is -0.406. The van der Waals surface area contributed by atoms with E-state index >= 15 is 0 Å². The van der Waals surface area contributed by atoms with Crippen LogP contribution in [0, 0.1) is 15.9 Å². The van der Waals surface area contributed by atoms with E-state index in [1.54, 1.807) is 18.2 Å². The van der Waals surface area contributed by atoms with Crippen LogP contribution in [-0.4, -0.2) is 22.6 Å². The van der Waals surface area contributed by atoms with Gasteiger partial charge in [-0.05, 0) is 49.9 Å². The van der Waals surface area contributed by atoms with Crippen molar-refractivity contribution in [3.05, 3.63) is 69.5 Å². The van der Waals surface area contributed by atoms with E-state index in [1.807, 2.05) is 0 Å². The number of hydrogen-bond donors (Lipinski definition) is 2. The first-order valence-corrected chi connectivity index (χ1v) is 7.90. The van der Waals surface area contributed by atoms with Gasteiger partial charge in [-0.15, -0.1) is 0 Å². The predicted octanol–water partition coefficient (Wildman–Crippen LogP) is 3.59. The van der Waals surface area contributed by atoms with Crippen LogP contribution in [0.3, 0.4) is 0 Å². The summed E-state index contributed by atoms with van der Waals surface area (Å²) in [7, 11) is 0. The maximum Gasteiger partial charge on any atom is 0.269 e. The molecule has 2 N–H and O–H groups in total. The lowest BCUT2D eigenvalue weighted by Crippen LogP contribution is -2.28. The number of nitro groups is 1. The van der Waals surface area contributed by atoms with Gasteiger partial charge in [0.25, 0.3) is 5.69 Å². The Morgan fingerprint density at radius 1 is 1.21 bits per heavy atom. The summed E-state index contributed by atoms with van der Waals surface area (Å²) in [6, 6.07) is 11.0. The van der Waals surface area contributed by atoms with Crippen molar-refractivity contribution in [2.24, 2.45) is 0 Å². The normalized spacial score (nSPS) is 12.1. The topological polar surface area (TPSA) is 75.4 Å². The van der Waals surface area contributed by atoms with Crippen molar-refractivity contribution < 1.29 is 14.4 Å². The molecule has 6 heteroatoms. The fourth-order valence-electron chi connectivity index (χ4n) is 2.46. The Balaban J connectivity index is 1.73. The predicted molar refractivity (Wildman–Crippen MR) is 90.7 cm³/mol. The SMILES string of the molecule is CC(CCc1ccc([N+](=O)[O-])cc1)NCCc1ccc(O)cc1F. The van der Waals surface area contributed by atoms with Gasteiger partial charge in [0.05, 0.1) is 4.92 Å². The van der Waals surface area contributed by atoms with Gasteiger partial charge in [0.1, 0.15) is 11.6 Å². The Kier molecular flexibility index (Phi) is 6.26. The number of benzene rings is 2. The van der Waals surface area contributed by atoms with Crippen LogP contribution in [0.5, 0.6) is 5.75 Å². The largest absolute Gasteiger partial charge is 0.508 e. The molecule has 0 fully saturated rings. The third-order valence-electron chi connectivity index (χ3n) is 3.94. The summed E-state index contributed by atoms with van der Waals surface area (Å²) in [5.41, 5.74) is 1.72. The number of phenolic OH excluding ortho intramolecular Hbond substituents is 1. The first-order valence-electron chi connectivity index (χ1n) is 7.90. The molecule has 0 radical (unpaired) electrons. The number of nitrogens with one attached hydrogen (secondary N) is 1. The minimum absolute atomic E-state index is 0.0688. The van der Waals surface area contributed by atoms with Crippen molar-refractivity contribution in [1.29, 1.82) is 0 Å². The minimum Gasteiger partial charge on any atom is -0.508 e. The molecule has 2 aromatic rings. The maximum atomic E-state index is 13.6. The number of halogens is 1. The highest BCUT2D eigenvalue weighted by atomic mass is 19.1. The van der Waals surface area contributed by atoms with Crippen LogP contribution in [0.4, 0.5) is 10.1 Å². The van der Waals surface area contributed by atoms with E-state index in [0.29, 0.717) is 18.5 Å². The van der Waals surface area contributed by atoms with E-state index in [2.05, 4.69) is 12.2 Å². The molecule has 0 bridgehead atoms. The molecule has 1 atom stereocenters. The quantitative estimate of drug-likeness (QED) is 0.572. The molecule has 0 aromatic heterocycles. The molecule has 0 aliphatic rings. The Morgan fingerprint density at radius 2 is 1.92 bits per heavy atom. The van der Waals surface area contributed by atoms with E-state index in [0.717, 1.165) is 24.5 Å². The number of rotatable bonds is 8. The fraction of sp³-hybridized carbons (Fsp3) is 0.333. The molecule has 0 aliphatic heterocycles. The zero-order valence-electron chi connectivity index (χ0n) is 13.5. The standard InChI is InChI=1S/C18H21FN2O3/c1-13(2-3-14-4-7-16(8-5-14)21(23)24)20-11-10-15-6-9-17(22)12-18(15)19/h4-9,12-13,20,22H,2-3,10-11H2,1H3. The highest BCUT2D eigenvalue weighted by Gasteiger charge is 2.07. The van der Waals surface area contributed by atoms with Gasteiger partial charge in [-0.2, -0.15) is 0 Å². The number of aryl methyl sites for hydroxylation is 1. The molecule has 0 saturated heterocycles. The van der Waals surface area contributed by atoms with Crippen LogP contribution in [0.2, 0.25) is 0 Å². The molecule has 128 valence electrons. The first-order chi connectivity index (χ1) is 11.5. The molecule has 0 heterocycles. The van der Waals surface area contributed by atoms with Crippen LogP contribution in [0.25, 0.3) is 0 Å². The lowest BCUT2D eigenvalue weighted by atomic mass is 10.1. The first kappa shape index (κ1) is 17.9. The molecule has 0 spiro atoms. The third kappa shape index (κ3) is 5.31. The van der Waals surface area contributed by atoms with Gasteiger partial charge < -0.3 is 10.4 Å². The van der Waals surface area contributed by atoms with E-state index in [1.165, 1.54) is 18.2 Å². The molecule has 2 aromatic carbocycles. The lowest BCUT2D eigenvalue weighted by molar-refractivity contribution is -0.384. The second kappa shape index (κ2) is 8.40. The summed E-state index contributed by atoms with van der Waals surface area (Å²) in [4.78, 5) is 10.2. The number of non-ortho nitro benzene ring substituents is 1. The fourth-order valence-corrected chi connectivity index (χ4v) is 2.46. The van der Waals surface area contributed by atoms with Crippen molar-refractivity contribution in [2.75, 3.05) is 6.54 Å². The summed E-state index contributed by atoms with van der Waals surface area (Å²) in [5, 5.41) is 23.1. The highest BCUT2D eigenvalue weighted by Crippen LogP contribution is 2.16. The van der Waals surface area contributed by atoms with Gasteiger partial charge in [-0.1, -0.05) is 18.2 Å². The van der Waals surface area contributed by atoms with Gasteiger partial charge in [0, 0.05) is 24.2 Å². The molecule has 0 aliphatic carbocycles. The third-order valence-corrected chi connectivity index (χ3v) is 3.94. The highest BCUT2D eigenvalue weighted by molar-refractivity contribution is 5.33. The van der Waals surface area contributed by atoms with Crippen molar-refractivity contribution in [2.45, 2.75) is 32.2 Å². The van der Waals surface area contributed by atoms with E-state index < -0.39 is 10.7 Å². The van der Waals surface area contributed by atoms with Crippen molar-refractivity contribution in [3.8, 4) is 5.75 Å². The van der Waals surface area contributed by atoms with Crippen LogP contribution in [0.1, 0.15) is 24.5 Å². The second-order valence-electron chi connectivity index (χ2n) is 5.84. The molecule has 0 saturated carbocycles. The summed E-state index contributed by atoms with van der Waals surface area (Å²) in [6.45, 7) is 2.70. The van der Waals surface area contributed by atoms with Crippen LogP contribution >= 0.6 is 0 Å². The van der Waals surface area contributed by atoms with Crippen LogP contribution in [0.15, 0.2) is 42.5 Å². The average Bonchev–Trinajstić information content (AvgIpc) is 2.55. The maximum absolute atomic E-state index is 13.6.